The Morgan fingerprint density at radius 2 is 1.98 bits per heavy atom. The lowest BCUT2D eigenvalue weighted by molar-refractivity contribution is -0.137. The fourth-order valence-electron chi connectivity index (χ4n) is 5.76. The summed E-state index contributed by atoms with van der Waals surface area (Å²) in [6.45, 7) is 1.99. The molecule has 0 bridgehead atoms. The van der Waals surface area contributed by atoms with Gasteiger partial charge in [0.15, 0.2) is 0 Å². The Hall–Kier alpha value is -3.88. The van der Waals surface area contributed by atoms with Gasteiger partial charge in [-0.05, 0) is 54.8 Å². The van der Waals surface area contributed by atoms with Gasteiger partial charge in [0.1, 0.15) is 6.07 Å². The molecule has 0 radical (unpaired) electrons. The molecule has 4 heterocycles. The highest BCUT2D eigenvalue weighted by Crippen LogP contribution is 2.40. The van der Waals surface area contributed by atoms with Crippen LogP contribution in [-0.4, -0.2) is 60.9 Å². The van der Waals surface area contributed by atoms with Gasteiger partial charge in [0.25, 0.3) is 0 Å². The summed E-state index contributed by atoms with van der Waals surface area (Å²) in [6.07, 6.45) is -0.205. The Labute approximate surface area is 230 Å². The fraction of sp³-hybridized carbons (Fsp3) is 0.414. The van der Waals surface area contributed by atoms with E-state index in [1.165, 1.54) is 6.07 Å². The van der Waals surface area contributed by atoms with Crippen molar-refractivity contribution in [2.45, 2.75) is 36.6 Å². The van der Waals surface area contributed by atoms with Crippen molar-refractivity contribution in [1.29, 1.82) is 5.26 Å². The van der Waals surface area contributed by atoms with Crippen molar-refractivity contribution in [2.24, 2.45) is 7.05 Å². The van der Waals surface area contributed by atoms with Gasteiger partial charge in [-0.15, -0.1) is 0 Å². The molecule has 2 atom stereocenters. The number of aryl methyl sites for hydroxylation is 1. The highest BCUT2D eigenvalue weighted by Gasteiger charge is 2.45. The number of hydrogen-bond donors (Lipinski definition) is 2. The van der Waals surface area contributed by atoms with Crippen molar-refractivity contribution in [1.82, 2.24) is 20.2 Å². The number of methoxy groups -OCH3 is 1. The zero-order chi connectivity index (χ0) is 28.5. The zero-order valence-electron chi connectivity index (χ0n) is 22.3. The van der Waals surface area contributed by atoms with Crippen molar-refractivity contribution in [3.63, 3.8) is 0 Å². The van der Waals surface area contributed by atoms with E-state index in [0.29, 0.717) is 44.7 Å². The molecule has 210 valence electrons. The second-order valence-corrected chi connectivity index (χ2v) is 10.4. The van der Waals surface area contributed by atoms with Crippen LogP contribution in [0.3, 0.4) is 0 Å². The molecule has 0 saturated carbocycles. The number of rotatable bonds is 6. The average Bonchev–Trinajstić information content (AvgIpc) is 3.60. The summed E-state index contributed by atoms with van der Waals surface area (Å²) in [4.78, 5) is 20.6. The number of nitrogens with zero attached hydrogens (tertiary/aromatic N) is 4. The van der Waals surface area contributed by atoms with Gasteiger partial charge in [-0.25, -0.2) is 0 Å². The fourth-order valence-corrected chi connectivity index (χ4v) is 5.76. The van der Waals surface area contributed by atoms with Gasteiger partial charge >= 0.3 is 6.18 Å². The molecule has 5 rings (SSSR count). The summed E-state index contributed by atoms with van der Waals surface area (Å²) in [5.41, 5.74) is 1.13. The third-order valence-corrected chi connectivity index (χ3v) is 8.14. The molecule has 2 fully saturated rings. The molecule has 8 nitrogen and oxygen atoms in total. The third kappa shape index (κ3) is 5.17. The summed E-state index contributed by atoms with van der Waals surface area (Å²) in [6, 6.07) is 12.7. The van der Waals surface area contributed by atoms with Crippen LogP contribution in [0.15, 0.2) is 54.9 Å². The van der Waals surface area contributed by atoms with E-state index in [0.717, 1.165) is 29.1 Å². The van der Waals surface area contributed by atoms with E-state index >= 15 is 0 Å². The normalized spacial score (nSPS) is 20.8. The number of amides is 1. The summed E-state index contributed by atoms with van der Waals surface area (Å²) < 4.78 is 47.2. The van der Waals surface area contributed by atoms with Crippen molar-refractivity contribution in [2.75, 3.05) is 38.2 Å². The van der Waals surface area contributed by atoms with Crippen LogP contribution in [0.25, 0.3) is 11.4 Å². The molecule has 2 aliphatic rings. The number of carbonyl (C=O) groups excluding carboxylic acids is 1. The Bertz CT molecular complexity index is 1400. The number of halogens is 3. The van der Waals surface area contributed by atoms with Crippen LogP contribution in [0.4, 0.5) is 18.9 Å². The second kappa shape index (κ2) is 10.9. The number of benzene rings is 1. The van der Waals surface area contributed by atoms with E-state index in [1.807, 2.05) is 53.0 Å². The average molecular weight is 553 g/mol. The van der Waals surface area contributed by atoms with E-state index in [1.54, 1.807) is 13.3 Å². The van der Waals surface area contributed by atoms with Crippen molar-refractivity contribution < 1.29 is 22.7 Å². The van der Waals surface area contributed by atoms with Crippen molar-refractivity contribution in [3.05, 3.63) is 71.5 Å². The number of anilines is 1. The summed E-state index contributed by atoms with van der Waals surface area (Å²) >= 11 is 0. The minimum atomic E-state index is -4.53. The first-order chi connectivity index (χ1) is 19.2. The standard InChI is InChI=1S/C29H31F3N6O2/c1-37-11-3-4-25(37)22-7-5-21(16-35-22)28(27(39)36-23-17-34-18-26(23)40-2)9-12-38(13-10-28)24-8-6-20(29(30,31)32)14-19(24)15-33/h3-8,11,14,16,23,26,34H,9-10,12-13,17-18H2,1-2H3,(H,36,39)/t23-,26+/m0/s1. The molecule has 40 heavy (non-hydrogen) atoms. The Balaban J connectivity index is 1.44. The Kier molecular flexibility index (Phi) is 7.57. The number of aromatic nitrogens is 2. The first-order valence-electron chi connectivity index (χ1n) is 13.2. The molecule has 2 aliphatic heterocycles. The number of hydrogen-bond acceptors (Lipinski definition) is 6. The van der Waals surface area contributed by atoms with Crippen molar-refractivity contribution >= 4 is 11.6 Å². The largest absolute Gasteiger partial charge is 0.416 e. The van der Waals surface area contributed by atoms with Crippen molar-refractivity contribution in [3.8, 4) is 17.5 Å². The van der Waals surface area contributed by atoms with Crippen LogP contribution >= 0.6 is 0 Å². The highest BCUT2D eigenvalue weighted by atomic mass is 19.4. The second-order valence-electron chi connectivity index (χ2n) is 10.4. The maximum atomic E-state index is 14.0. The van der Waals surface area contributed by atoms with Gasteiger partial charge in [0, 0.05) is 52.7 Å². The zero-order valence-corrected chi connectivity index (χ0v) is 22.3. The van der Waals surface area contributed by atoms with E-state index in [-0.39, 0.29) is 23.6 Å². The van der Waals surface area contributed by atoms with E-state index in [9.17, 15) is 23.2 Å². The molecule has 0 aliphatic carbocycles. The lowest BCUT2D eigenvalue weighted by Crippen LogP contribution is -2.56. The molecule has 2 N–H and O–H groups in total. The monoisotopic (exact) mass is 552 g/mol. The molecule has 11 heteroatoms. The third-order valence-electron chi connectivity index (χ3n) is 8.14. The Morgan fingerprint density at radius 1 is 1.20 bits per heavy atom. The summed E-state index contributed by atoms with van der Waals surface area (Å²) in [5.74, 6) is -0.135. The van der Waals surface area contributed by atoms with Gasteiger partial charge in [-0.3, -0.25) is 9.78 Å². The quantitative estimate of drug-likeness (QED) is 0.485. The van der Waals surface area contributed by atoms with Crippen LogP contribution < -0.4 is 15.5 Å². The number of piperidine rings is 1. The number of carbonyl (C=O) groups is 1. The topological polar surface area (TPSA) is 95.2 Å². The van der Waals surface area contributed by atoms with Gasteiger partial charge in [-0.1, -0.05) is 6.07 Å². The van der Waals surface area contributed by atoms with E-state index < -0.39 is 17.2 Å². The van der Waals surface area contributed by atoms with Gasteiger partial charge in [0.2, 0.25) is 5.91 Å². The minimum absolute atomic E-state index is 0.0414. The predicted molar refractivity (Wildman–Crippen MR) is 144 cm³/mol. The summed E-state index contributed by atoms with van der Waals surface area (Å²) in [7, 11) is 3.56. The maximum Gasteiger partial charge on any atom is 0.416 e. The van der Waals surface area contributed by atoms with Crippen LogP contribution in [0.2, 0.25) is 0 Å². The summed E-state index contributed by atoms with van der Waals surface area (Å²) in [5, 5.41) is 16.0. The number of alkyl halides is 3. The highest BCUT2D eigenvalue weighted by molar-refractivity contribution is 5.89. The van der Waals surface area contributed by atoms with E-state index in [4.69, 9.17) is 4.74 Å². The SMILES string of the molecule is CO[C@@H]1CNC[C@@H]1NC(=O)C1(c2ccc(-c3cccn3C)nc2)CCN(c2ccc(C(F)(F)F)cc2C#N)CC1. The minimum Gasteiger partial charge on any atom is -0.378 e. The smallest absolute Gasteiger partial charge is 0.378 e. The first kappa shape index (κ1) is 27.7. The molecular formula is C29H31F3N6O2. The Morgan fingerprint density at radius 3 is 2.58 bits per heavy atom. The van der Waals surface area contributed by atoms with E-state index in [2.05, 4.69) is 15.6 Å². The van der Waals surface area contributed by atoms with Crippen LogP contribution in [0.1, 0.15) is 29.5 Å². The van der Waals surface area contributed by atoms with Gasteiger partial charge < -0.3 is 24.8 Å². The first-order valence-corrected chi connectivity index (χ1v) is 13.2. The molecule has 0 spiro atoms. The lowest BCUT2D eigenvalue weighted by Gasteiger charge is -2.42. The molecule has 2 saturated heterocycles. The molecular weight excluding hydrogens is 521 g/mol. The number of nitriles is 1. The predicted octanol–water partition coefficient (Wildman–Crippen LogP) is 3.62. The lowest BCUT2D eigenvalue weighted by atomic mass is 9.72. The number of nitrogens with one attached hydrogen (secondary N) is 2. The molecule has 2 aromatic heterocycles. The van der Waals surface area contributed by atoms with Crippen LogP contribution in [0.5, 0.6) is 0 Å². The number of ether oxygens (including phenoxy) is 1. The molecule has 0 unspecified atom stereocenters. The maximum absolute atomic E-state index is 14.0. The van der Waals surface area contributed by atoms with Crippen LogP contribution in [-0.2, 0) is 28.2 Å². The molecule has 1 amide bonds. The number of pyridine rings is 1. The van der Waals surface area contributed by atoms with Gasteiger partial charge in [0.05, 0.1) is 45.8 Å². The van der Waals surface area contributed by atoms with Crippen LogP contribution in [0, 0.1) is 11.3 Å². The van der Waals surface area contributed by atoms with Gasteiger partial charge in [-0.2, -0.15) is 18.4 Å². The molecule has 3 aromatic rings. The molecule has 1 aromatic carbocycles.